The average Bonchev–Trinajstić information content (AvgIpc) is 2.64. The molecule has 0 saturated carbocycles. The molecule has 0 bridgehead atoms. The number of hydrogen-bond acceptors (Lipinski definition) is 7. The van der Waals surface area contributed by atoms with E-state index in [9.17, 15) is 0 Å². The first kappa shape index (κ1) is 18.3. The Hall–Kier alpha value is -2.54. The number of methoxy groups -OCH3 is 1. The Labute approximate surface area is 157 Å². The van der Waals surface area contributed by atoms with Crippen LogP contribution in [0.25, 0.3) is 10.9 Å². The number of rotatable bonds is 6. The van der Waals surface area contributed by atoms with Crippen molar-refractivity contribution in [2.75, 3.05) is 24.8 Å². The van der Waals surface area contributed by atoms with Crippen molar-refractivity contribution in [3.8, 4) is 5.75 Å². The standard InChI is InChI=1S/C19H23N5OS/c1-4-6-11-9-12(13-7-5-8-22-15(13)16(11)25-2)10-14-17(20)23-19(21)24-18(14)26-3/h5,7-9H,4,6,10H2,1-3H3,(H4,20,21,23,24). The highest BCUT2D eigenvalue weighted by Gasteiger charge is 2.17. The van der Waals surface area contributed by atoms with Crippen molar-refractivity contribution in [1.82, 2.24) is 15.0 Å². The van der Waals surface area contributed by atoms with Gasteiger partial charge in [-0.3, -0.25) is 4.98 Å². The van der Waals surface area contributed by atoms with Crippen LogP contribution in [0.3, 0.4) is 0 Å². The van der Waals surface area contributed by atoms with E-state index in [0.717, 1.165) is 51.2 Å². The second-order valence-corrected chi connectivity index (χ2v) is 6.80. The van der Waals surface area contributed by atoms with Crippen LogP contribution in [0.1, 0.15) is 30.0 Å². The number of nitrogens with zero attached hydrogens (tertiary/aromatic N) is 3. The number of nitrogen functional groups attached to an aromatic ring is 2. The molecule has 26 heavy (non-hydrogen) atoms. The van der Waals surface area contributed by atoms with Gasteiger partial charge >= 0.3 is 0 Å². The maximum absolute atomic E-state index is 6.16. The van der Waals surface area contributed by atoms with Gasteiger partial charge in [0.25, 0.3) is 0 Å². The predicted molar refractivity (Wildman–Crippen MR) is 108 cm³/mol. The van der Waals surface area contributed by atoms with Gasteiger partial charge in [0.2, 0.25) is 5.95 Å². The van der Waals surface area contributed by atoms with Crippen LogP contribution in [0, 0.1) is 0 Å². The minimum absolute atomic E-state index is 0.198. The molecule has 136 valence electrons. The van der Waals surface area contributed by atoms with E-state index in [2.05, 4.69) is 34.0 Å². The maximum atomic E-state index is 6.16. The van der Waals surface area contributed by atoms with Crippen LogP contribution in [-0.4, -0.2) is 28.3 Å². The first-order valence-corrected chi connectivity index (χ1v) is 9.70. The van der Waals surface area contributed by atoms with Crippen LogP contribution in [-0.2, 0) is 12.8 Å². The molecule has 2 heterocycles. The number of aromatic nitrogens is 3. The highest BCUT2D eigenvalue weighted by atomic mass is 32.2. The Balaban J connectivity index is 2.20. The summed E-state index contributed by atoms with van der Waals surface area (Å²) >= 11 is 1.52. The molecule has 0 aliphatic carbocycles. The van der Waals surface area contributed by atoms with E-state index in [0.29, 0.717) is 12.2 Å². The Morgan fingerprint density at radius 3 is 2.69 bits per heavy atom. The van der Waals surface area contributed by atoms with Gasteiger partial charge in [0.05, 0.1) is 7.11 Å². The Bertz CT molecular complexity index is 945. The highest BCUT2D eigenvalue weighted by molar-refractivity contribution is 7.98. The minimum atomic E-state index is 0.198. The quantitative estimate of drug-likeness (QED) is 0.507. The van der Waals surface area contributed by atoms with E-state index in [1.165, 1.54) is 11.8 Å². The molecule has 4 N–H and O–H groups in total. The summed E-state index contributed by atoms with van der Waals surface area (Å²) in [5.74, 6) is 1.47. The zero-order chi connectivity index (χ0) is 18.7. The fourth-order valence-electron chi connectivity index (χ4n) is 3.20. The van der Waals surface area contributed by atoms with Gasteiger partial charge in [0, 0.05) is 23.6 Å². The zero-order valence-corrected chi connectivity index (χ0v) is 16.1. The molecule has 2 aromatic heterocycles. The number of hydrogen-bond donors (Lipinski definition) is 2. The summed E-state index contributed by atoms with van der Waals surface area (Å²) in [5, 5.41) is 1.85. The molecule has 0 aliphatic heterocycles. The molecule has 0 spiro atoms. The van der Waals surface area contributed by atoms with E-state index in [1.807, 2.05) is 12.3 Å². The molecule has 0 aliphatic rings. The molecule has 0 saturated heterocycles. The molecule has 0 radical (unpaired) electrons. The average molecular weight is 369 g/mol. The number of aryl methyl sites for hydroxylation is 1. The molecule has 0 fully saturated rings. The summed E-state index contributed by atoms with van der Waals surface area (Å²) in [6.45, 7) is 2.15. The third kappa shape index (κ3) is 3.39. The summed E-state index contributed by atoms with van der Waals surface area (Å²) < 4.78 is 5.67. The minimum Gasteiger partial charge on any atom is -0.494 e. The van der Waals surface area contributed by atoms with Gasteiger partial charge in [-0.05, 0) is 29.9 Å². The summed E-state index contributed by atoms with van der Waals surface area (Å²) in [7, 11) is 1.69. The molecule has 3 rings (SSSR count). The van der Waals surface area contributed by atoms with Crippen LogP contribution in [0.4, 0.5) is 11.8 Å². The van der Waals surface area contributed by atoms with Gasteiger partial charge < -0.3 is 16.2 Å². The summed E-state index contributed by atoms with van der Waals surface area (Å²) in [6.07, 6.45) is 6.31. The van der Waals surface area contributed by atoms with Crippen LogP contribution in [0.2, 0.25) is 0 Å². The van der Waals surface area contributed by atoms with Crippen molar-refractivity contribution < 1.29 is 4.74 Å². The van der Waals surface area contributed by atoms with Crippen LogP contribution in [0.5, 0.6) is 5.75 Å². The molecule has 1 aromatic carbocycles. The Morgan fingerprint density at radius 1 is 1.19 bits per heavy atom. The molecule has 3 aromatic rings. The van der Waals surface area contributed by atoms with Crippen LogP contribution in [0.15, 0.2) is 29.4 Å². The van der Waals surface area contributed by atoms with Gasteiger partial charge in [0.1, 0.15) is 22.1 Å². The fraction of sp³-hybridized carbons (Fsp3) is 0.316. The summed E-state index contributed by atoms with van der Waals surface area (Å²) in [6, 6.07) is 6.18. The molecular formula is C19H23N5OS. The maximum Gasteiger partial charge on any atom is 0.223 e. The lowest BCUT2D eigenvalue weighted by molar-refractivity contribution is 0.413. The first-order valence-electron chi connectivity index (χ1n) is 8.48. The number of benzene rings is 1. The number of pyridine rings is 1. The van der Waals surface area contributed by atoms with Crippen molar-refractivity contribution in [2.45, 2.75) is 31.2 Å². The topological polar surface area (TPSA) is 99.9 Å². The van der Waals surface area contributed by atoms with E-state index in [4.69, 9.17) is 16.2 Å². The number of fused-ring (bicyclic) bond motifs is 1. The van der Waals surface area contributed by atoms with Gasteiger partial charge in [-0.1, -0.05) is 25.5 Å². The fourth-order valence-corrected chi connectivity index (χ4v) is 3.81. The van der Waals surface area contributed by atoms with Crippen LogP contribution < -0.4 is 16.2 Å². The summed E-state index contributed by atoms with van der Waals surface area (Å²) in [4.78, 5) is 13.0. The van der Waals surface area contributed by atoms with Gasteiger partial charge in [-0.25, -0.2) is 4.98 Å². The molecule has 0 amide bonds. The second kappa shape index (κ2) is 7.78. The van der Waals surface area contributed by atoms with Crippen LogP contribution >= 0.6 is 11.8 Å². The van der Waals surface area contributed by atoms with E-state index in [1.54, 1.807) is 13.3 Å². The smallest absolute Gasteiger partial charge is 0.223 e. The molecule has 0 unspecified atom stereocenters. The Morgan fingerprint density at radius 2 is 2.00 bits per heavy atom. The highest BCUT2D eigenvalue weighted by Crippen LogP contribution is 2.35. The second-order valence-electron chi connectivity index (χ2n) is 6.01. The SMILES string of the molecule is CCCc1cc(Cc2c(N)nc(N)nc2SC)c2cccnc2c1OC. The van der Waals surface area contributed by atoms with Crippen molar-refractivity contribution in [2.24, 2.45) is 0 Å². The number of ether oxygens (including phenoxy) is 1. The normalized spacial score (nSPS) is 11.0. The largest absolute Gasteiger partial charge is 0.494 e. The van der Waals surface area contributed by atoms with Crippen molar-refractivity contribution in [1.29, 1.82) is 0 Å². The van der Waals surface area contributed by atoms with E-state index in [-0.39, 0.29) is 5.95 Å². The van der Waals surface area contributed by atoms with E-state index < -0.39 is 0 Å². The predicted octanol–water partition coefficient (Wildman–Crippen LogP) is 3.46. The third-order valence-corrected chi connectivity index (χ3v) is 5.04. The number of thioether (sulfide) groups is 1. The molecular weight excluding hydrogens is 346 g/mol. The van der Waals surface area contributed by atoms with Gasteiger partial charge in [0.15, 0.2) is 0 Å². The lowest BCUT2D eigenvalue weighted by Crippen LogP contribution is -2.08. The third-order valence-electron chi connectivity index (χ3n) is 4.31. The van der Waals surface area contributed by atoms with Crippen molar-refractivity contribution in [3.05, 3.63) is 41.1 Å². The number of anilines is 2. The first-order chi connectivity index (χ1) is 12.6. The Kier molecular flexibility index (Phi) is 5.46. The molecule has 0 atom stereocenters. The van der Waals surface area contributed by atoms with Crippen molar-refractivity contribution in [3.63, 3.8) is 0 Å². The monoisotopic (exact) mass is 369 g/mol. The van der Waals surface area contributed by atoms with Crippen molar-refractivity contribution >= 4 is 34.4 Å². The zero-order valence-electron chi connectivity index (χ0n) is 15.2. The number of nitrogens with two attached hydrogens (primary N) is 2. The van der Waals surface area contributed by atoms with Gasteiger partial charge in [-0.15, -0.1) is 11.8 Å². The lowest BCUT2D eigenvalue weighted by atomic mass is 9.96. The van der Waals surface area contributed by atoms with E-state index >= 15 is 0 Å². The lowest BCUT2D eigenvalue weighted by Gasteiger charge is -2.16. The summed E-state index contributed by atoms with van der Waals surface area (Å²) in [5.41, 5.74) is 16.0. The molecule has 6 nitrogen and oxygen atoms in total. The molecule has 7 heteroatoms. The van der Waals surface area contributed by atoms with Gasteiger partial charge in [-0.2, -0.15) is 4.98 Å².